The van der Waals surface area contributed by atoms with Crippen LogP contribution >= 0.6 is 23.8 Å². The third kappa shape index (κ3) is 2.80. The number of aromatic nitrogens is 2. The van der Waals surface area contributed by atoms with E-state index in [0.29, 0.717) is 10.0 Å². The molecule has 1 aromatic carbocycles. The molecule has 1 aromatic heterocycles. The van der Waals surface area contributed by atoms with E-state index in [1.165, 1.54) is 0 Å². The summed E-state index contributed by atoms with van der Waals surface area (Å²) in [6, 6.07) is 7.58. The minimum Gasteiger partial charge on any atom is -0.389 e. The van der Waals surface area contributed by atoms with Crippen LogP contribution in [0, 0.1) is 0 Å². The summed E-state index contributed by atoms with van der Waals surface area (Å²) in [6.45, 7) is 4.18. The predicted octanol–water partition coefficient (Wildman–Crippen LogP) is 3.28. The Labute approximate surface area is 123 Å². The number of aryl methyl sites for hydroxylation is 2. The zero-order valence-corrected chi connectivity index (χ0v) is 12.6. The second-order valence-electron chi connectivity index (χ2n) is 4.27. The number of rotatable bonds is 4. The summed E-state index contributed by atoms with van der Waals surface area (Å²) >= 11 is 11.2. The van der Waals surface area contributed by atoms with Gasteiger partial charge >= 0.3 is 0 Å². The summed E-state index contributed by atoms with van der Waals surface area (Å²) < 4.78 is 1.89. The Bertz CT molecular complexity index is 619. The van der Waals surface area contributed by atoms with Crippen molar-refractivity contribution in [1.29, 1.82) is 0 Å². The van der Waals surface area contributed by atoms with Gasteiger partial charge < -0.3 is 5.73 Å². The van der Waals surface area contributed by atoms with E-state index >= 15 is 0 Å². The fourth-order valence-corrected chi connectivity index (χ4v) is 2.34. The van der Waals surface area contributed by atoms with Crippen LogP contribution in [0.4, 0.5) is 0 Å². The third-order valence-corrected chi connectivity index (χ3v) is 3.47. The first-order valence-corrected chi connectivity index (χ1v) is 7.03. The first-order chi connectivity index (χ1) is 9.06. The van der Waals surface area contributed by atoms with Crippen molar-refractivity contribution >= 4 is 28.8 Å². The van der Waals surface area contributed by atoms with Gasteiger partial charge in [0.25, 0.3) is 0 Å². The Morgan fingerprint density at radius 3 is 2.63 bits per heavy atom. The standard InChI is InChI=1S/C14H16ClN3S/c1-3-10-8-11(4-2)18(17-10)13-7-9(15)5-6-12(13)14(16)19/h5-8H,3-4H2,1-2H3,(H2,16,19). The highest BCUT2D eigenvalue weighted by molar-refractivity contribution is 7.80. The van der Waals surface area contributed by atoms with Gasteiger partial charge in [0.2, 0.25) is 0 Å². The molecule has 0 aliphatic carbocycles. The minimum atomic E-state index is 0.349. The molecular weight excluding hydrogens is 278 g/mol. The molecule has 2 aromatic rings. The molecule has 0 amide bonds. The number of thiocarbonyl (C=S) groups is 1. The lowest BCUT2D eigenvalue weighted by atomic mass is 10.1. The van der Waals surface area contributed by atoms with Crippen molar-refractivity contribution < 1.29 is 0 Å². The van der Waals surface area contributed by atoms with Gasteiger partial charge in [-0.25, -0.2) is 4.68 Å². The van der Waals surface area contributed by atoms with Crippen molar-refractivity contribution in [2.75, 3.05) is 0 Å². The Morgan fingerprint density at radius 1 is 1.32 bits per heavy atom. The van der Waals surface area contributed by atoms with Gasteiger partial charge in [-0.3, -0.25) is 0 Å². The van der Waals surface area contributed by atoms with E-state index in [1.807, 2.05) is 16.8 Å². The van der Waals surface area contributed by atoms with Crippen LogP contribution in [0.1, 0.15) is 30.8 Å². The molecule has 0 bridgehead atoms. The van der Waals surface area contributed by atoms with E-state index in [0.717, 1.165) is 35.5 Å². The summed E-state index contributed by atoms with van der Waals surface area (Å²) in [7, 11) is 0. The molecule has 100 valence electrons. The second kappa shape index (κ2) is 5.72. The van der Waals surface area contributed by atoms with Gasteiger partial charge in [0.1, 0.15) is 4.99 Å². The van der Waals surface area contributed by atoms with Gasteiger partial charge in [-0.15, -0.1) is 0 Å². The Morgan fingerprint density at radius 2 is 2.05 bits per heavy atom. The fraction of sp³-hybridized carbons (Fsp3) is 0.286. The summed E-state index contributed by atoms with van der Waals surface area (Å²) in [6.07, 6.45) is 1.78. The molecule has 0 saturated heterocycles. The molecule has 1 heterocycles. The lowest BCUT2D eigenvalue weighted by Gasteiger charge is -2.11. The third-order valence-electron chi connectivity index (χ3n) is 3.01. The molecule has 19 heavy (non-hydrogen) atoms. The summed E-state index contributed by atoms with van der Waals surface area (Å²) in [5.74, 6) is 0. The van der Waals surface area contributed by atoms with E-state index in [4.69, 9.17) is 29.6 Å². The largest absolute Gasteiger partial charge is 0.389 e. The lowest BCUT2D eigenvalue weighted by Crippen LogP contribution is -2.15. The average Bonchev–Trinajstić information content (AvgIpc) is 2.81. The van der Waals surface area contributed by atoms with Crippen molar-refractivity contribution in [2.24, 2.45) is 5.73 Å². The first-order valence-electron chi connectivity index (χ1n) is 6.24. The topological polar surface area (TPSA) is 43.8 Å². The quantitative estimate of drug-likeness (QED) is 0.880. The molecule has 2 N–H and O–H groups in total. The second-order valence-corrected chi connectivity index (χ2v) is 5.15. The highest BCUT2D eigenvalue weighted by Crippen LogP contribution is 2.22. The molecular formula is C14H16ClN3S. The minimum absolute atomic E-state index is 0.349. The first kappa shape index (κ1) is 14.0. The number of hydrogen-bond acceptors (Lipinski definition) is 2. The Kier molecular flexibility index (Phi) is 4.22. The summed E-state index contributed by atoms with van der Waals surface area (Å²) in [5.41, 5.74) is 9.58. The summed E-state index contributed by atoms with van der Waals surface area (Å²) in [5, 5.41) is 5.24. The van der Waals surface area contributed by atoms with Crippen LogP contribution in [0.15, 0.2) is 24.3 Å². The molecule has 0 aliphatic rings. The molecule has 0 atom stereocenters. The normalized spacial score (nSPS) is 10.7. The average molecular weight is 294 g/mol. The molecule has 0 saturated carbocycles. The molecule has 0 spiro atoms. The van der Waals surface area contributed by atoms with E-state index in [1.54, 1.807) is 6.07 Å². The maximum absolute atomic E-state index is 6.08. The van der Waals surface area contributed by atoms with Crippen LogP contribution in [0.5, 0.6) is 0 Å². The van der Waals surface area contributed by atoms with Crippen LogP contribution in [-0.2, 0) is 12.8 Å². The van der Waals surface area contributed by atoms with Crippen LogP contribution in [-0.4, -0.2) is 14.8 Å². The number of benzene rings is 1. The molecule has 2 rings (SSSR count). The predicted molar refractivity (Wildman–Crippen MR) is 83.2 cm³/mol. The highest BCUT2D eigenvalue weighted by atomic mass is 35.5. The monoisotopic (exact) mass is 293 g/mol. The zero-order valence-electron chi connectivity index (χ0n) is 11.0. The van der Waals surface area contributed by atoms with Gasteiger partial charge in [0.05, 0.1) is 11.4 Å². The lowest BCUT2D eigenvalue weighted by molar-refractivity contribution is 0.793. The van der Waals surface area contributed by atoms with Gasteiger partial charge in [-0.1, -0.05) is 37.7 Å². The zero-order chi connectivity index (χ0) is 14.0. The molecule has 3 nitrogen and oxygen atoms in total. The van der Waals surface area contributed by atoms with E-state index in [-0.39, 0.29) is 0 Å². The Hall–Kier alpha value is -1.39. The van der Waals surface area contributed by atoms with Crippen LogP contribution in [0.2, 0.25) is 5.02 Å². The fourth-order valence-electron chi connectivity index (χ4n) is 2.00. The van der Waals surface area contributed by atoms with Gasteiger partial charge in [-0.05, 0) is 37.1 Å². The molecule has 0 unspecified atom stereocenters. The molecule has 0 fully saturated rings. The molecule has 0 radical (unpaired) electrons. The smallest absolute Gasteiger partial charge is 0.106 e. The van der Waals surface area contributed by atoms with Crippen LogP contribution in [0.3, 0.4) is 0 Å². The van der Waals surface area contributed by atoms with Crippen molar-refractivity contribution in [1.82, 2.24) is 9.78 Å². The van der Waals surface area contributed by atoms with Gasteiger partial charge in [-0.2, -0.15) is 5.10 Å². The summed E-state index contributed by atoms with van der Waals surface area (Å²) in [4.78, 5) is 0.349. The van der Waals surface area contributed by atoms with Gasteiger partial charge in [0.15, 0.2) is 0 Å². The highest BCUT2D eigenvalue weighted by Gasteiger charge is 2.13. The van der Waals surface area contributed by atoms with Crippen LogP contribution in [0.25, 0.3) is 5.69 Å². The van der Waals surface area contributed by atoms with Crippen molar-refractivity contribution in [3.63, 3.8) is 0 Å². The van der Waals surface area contributed by atoms with Gasteiger partial charge in [0, 0.05) is 16.3 Å². The van der Waals surface area contributed by atoms with Crippen LogP contribution < -0.4 is 5.73 Å². The maximum atomic E-state index is 6.08. The van der Waals surface area contributed by atoms with Crippen molar-refractivity contribution in [3.8, 4) is 5.69 Å². The maximum Gasteiger partial charge on any atom is 0.106 e. The van der Waals surface area contributed by atoms with E-state index < -0.39 is 0 Å². The number of nitrogens with two attached hydrogens (primary N) is 1. The van der Waals surface area contributed by atoms with E-state index in [9.17, 15) is 0 Å². The Balaban J connectivity index is 2.66. The molecule has 5 heteroatoms. The SMILES string of the molecule is CCc1cc(CC)n(-c2cc(Cl)ccc2C(N)=S)n1. The van der Waals surface area contributed by atoms with Crippen molar-refractivity contribution in [2.45, 2.75) is 26.7 Å². The van der Waals surface area contributed by atoms with Crippen molar-refractivity contribution in [3.05, 3.63) is 46.2 Å². The number of halogens is 1. The number of hydrogen-bond donors (Lipinski definition) is 1. The number of nitrogens with zero attached hydrogens (tertiary/aromatic N) is 2. The van der Waals surface area contributed by atoms with E-state index in [2.05, 4.69) is 25.0 Å². The molecule has 0 aliphatic heterocycles.